The number of aromatic nitrogens is 2. The molecule has 25 heavy (non-hydrogen) atoms. The third kappa shape index (κ3) is 2.98. The highest BCUT2D eigenvalue weighted by molar-refractivity contribution is 6.30. The molecule has 3 aromatic rings. The zero-order valence-electron chi connectivity index (χ0n) is 13.3. The summed E-state index contributed by atoms with van der Waals surface area (Å²) in [5.74, 6) is 0.390. The zero-order chi connectivity index (χ0) is 17.4. The SMILES string of the molecule is O=C(c1cc(-c2ccccc2O)n[nH]1)N1CC(c2ccc(Cl)cc2)C1. The van der Waals surface area contributed by atoms with Crippen molar-refractivity contribution in [2.75, 3.05) is 13.1 Å². The van der Waals surface area contributed by atoms with Crippen molar-refractivity contribution < 1.29 is 9.90 Å². The second kappa shape index (κ2) is 6.26. The number of carbonyl (C=O) groups is 1. The van der Waals surface area contributed by atoms with Crippen molar-refractivity contribution in [1.29, 1.82) is 0 Å². The molecule has 1 fully saturated rings. The van der Waals surface area contributed by atoms with Gasteiger partial charge in [0.2, 0.25) is 0 Å². The molecule has 2 heterocycles. The van der Waals surface area contributed by atoms with Crippen LogP contribution in [0.5, 0.6) is 5.75 Å². The molecule has 126 valence electrons. The Bertz CT molecular complexity index is 914. The van der Waals surface area contributed by atoms with Gasteiger partial charge >= 0.3 is 0 Å². The normalized spacial score (nSPS) is 14.4. The van der Waals surface area contributed by atoms with Gasteiger partial charge in [-0.3, -0.25) is 9.89 Å². The van der Waals surface area contributed by atoms with E-state index < -0.39 is 0 Å². The number of benzene rings is 2. The number of para-hydroxylation sites is 1. The van der Waals surface area contributed by atoms with Crippen molar-refractivity contribution in [2.24, 2.45) is 0 Å². The summed E-state index contributed by atoms with van der Waals surface area (Å²) < 4.78 is 0. The average Bonchev–Trinajstić information content (AvgIpc) is 3.05. The number of hydrogen-bond donors (Lipinski definition) is 2. The van der Waals surface area contributed by atoms with E-state index in [1.807, 2.05) is 30.3 Å². The Hall–Kier alpha value is -2.79. The molecule has 1 saturated heterocycles. The van der Waals surface area contributed by atoms with Crippen LogP contribution in [0.25, 0.3) is 11.3 Å². The van der Waals surface area contributed by atoms with Crippen LogP contribution in [-0.4, -0.2) is 39.2 Å². The Kier molecular flexibility index (Phi) is 3.93. The quantitative estimate of drug-likeness (QED) is 0.754. The lowest BCUT2D eigenvalue weighted by molar-refractivity contribution is 0.0596. The Morgan fingerprint density at radius 2 is 1.88 bits per heavy atom. The lowest BCUT2D eigenvalue weighted by atomic mass is 9.91. The highest BCUT2D eigenvalue weighted by atomic mass is 35.5. The van der Waals surface area contributed by atoms with Crippen LogP contribution in [0.4, 0.5) is 0 Å². The molecule has 0 radical (unpaired) electrons. The number of nitrogens with zero attached hydrogens (tertiary/aromatic N) is 2. The monoisotopic (exact) mass is 353 g/mol. The van der Waals surface area contributed by atoms with E-state index in [1.54, 1.807) is 29.2 Å². The molecule has 0 aliphatic carbocycles. The molecule has 0 saturated carbocycles. The predicted octanol–water partition coefficient (Wildman–Crippen LogP) is 3.68. The van der Waals surface area contributed by atoms with Gasteiger partial charge in [0.15, 0.2) is 0 Å². The number of likely N-dealkylation sites (tertiary alicyclic amines) is 1. The molecule has 1 aliphatic heterocycles. The summed E-state index contributed by atoms with van der Waals surface area (Å²) in [6.45, 7) is 1.34. The fourth-order valence-electron chi connectivity index (χ4n) is 3.02. The number of nitrogens with one attached hydrogen (secondary N) is 1. The Morgan fingerprint density at radius 3 is 2.60 bits per heavy atom. The smallest absolute Gasteiger partial charge is 0.271 e. The molecule has 0 bridgehead atoms. The minimum Gasteiger partial charge on any atom is -0.507 e. The molecule has 6 heteroatoms. The van der Waals surface area contributed by atoms with Crippen molar-refractivity contribution in [1.82, 2.24) is 15.1 Å². The molecule has 2 aromatic carbocycles. The number of hydrogen-bond acceptors (Lipinski definition) is 3. The molecule has 0 unspecified atom stereocenters. The van der Waals surface area contributed by atoms with Gasteiger partial charge in [0.1, 0.15) is 11.4 Å². The van der Waals surface area contributed by atoms with Crippen molar-refractivity contribution in [3.63, 3.8) is 0 Å². The minimum absolute atomic E-state index is 0.0839. The van der Waals surface area contributed by atoms with Gasteiger partial charge in [-0.15, -0.1) is 0 Å². The number of phenolic OH excluding ortho intramolecular Hbond substituents is 1. The van der Waals surface area contributed by atoms with E-state index in [4.69, 9.17) is 11.6 Å². The largest absolute Gasteiger partial charge is 0.507 e. The molecular formula is C19H16ClN3O2. The first-order valence-corrected chi connectivity index (χ1v) is 8.38. The average molecular weight is 354 g/mol. The third-order valence-corrected chi connectivity index (χ3v) is 4.75. The summed E-state index contributed by atoms with van der Waals surface area (Å²) in [5, 5.41) is 17.5. The number of amides is 1. The zero-order valence-corrected chi connectivity index (χ0v) is 14.1. The number of aromatic hydroxyl groups is 1. The van der Waals surface area contributed by atoms with Gasteiger partial charge in [0.05, 0.1) is 5.69 Å². The summed E-state index contributed by atoms with van der Waals surface area (Å²) in [4.78, 5) is 14.3. The highest BCUT2D eigenvalue weighted by Gasteiger charge is 2.33. The standard InChI is InChI=1S/C19H16ClN3O2/c20-14-7-5-12(6-8-14)13-10-23(11-13)19(25)17-9-16(21-22-17)15-3-1-2-4-18(15)24/h1-9,13,24H,10-11H2,(H,21,22). The van der Waals surface area contributed by atoms with Crippen molar-refractivity contribution >= 4 is 17.5 Å². The Labute approximate surface area is 149 Å². The number of carbonyl (C=O) groups excluding carboxylic acids is 1. The van der Waals surface area contributed by atoms with E-state index >= 15 is 0 Å². The minimum atomic E-state index is -0.0839. The second-order valence-electron chi connectivity index (χ2n) is 6.14. The Balaban J connectivity index is 1.45. The summed E-state index contributed by atoms with van der Waals surface area (Å²) in [6, 6.07) is 16.3. The number of aromatic amines is 1. The molecular weight excluding hydrogens is 338 g/mol. The summed E-state index contributed by atoms with van der Waals surface area (Å²) in [6.07, 6.45) is 0. The van der Waals surface area contributed by atoms with Gasteiger partial charge < -0.3 is 10.0 Å². The maximum atomic E-state index is 12.6. The van der Waals surface area contributed by atoms with Gasteiger partial charge in [-0.1, -0.05) is 35.9 Å². The maximum Gasteiger partial charge on any atom is 0.271 e. The topological polar surface area (TPSA) is 69.2 Å². The van der Waals surface area contributed by atoms with Gasteiger partial charge in [-0.25, -0.2) is 0 Å². The van der Waals surface area contributed by atoms with Crippen molar-refractivity contribution in [3.05, 3.63) is 70.9 Å². The molecule has 1 aromatic heterocycles. The van der Waals surface area contributed by atoms with Crippen LogP contribution in [0.1, 0.15) is 22.0 Å². The summed E-state index contributed by atoms with van der Waals surface area (Å²) >= 11 is 5.91. The maximum absolute atomic E-state index is 12.6. The molecule has 1 amide bonds. The molecule has 1 aliphatic rings. The van der Waals surface area contributed by atoms with Crippen molar-refractivity contribution in [3.8, 4) is 17.0 Å². The summed E-state index contributed by atoms with van der Waals surface area (Å²) in [7, 11) is 0. The van der Waals surface area contributed by atoms with E-state index in [0.717, 1.165) is 0 Å². The van der Waals surface area contributed by atoms with E-state index in [1.165, 1.54) is 5.56 Å². The lowest BCUT2D eigenvalue weighted by Crippen LogP contribution is -2.48. The summed E-state index contributed by atoms with van der Waals surface area (Å²) in [5.41, 5.74) is 2.76. The van der Waals surface area contributed by atoms with Crippen molar-refractivity contribution in [2.45, 2.75) is 5.92 Å². The third-order valence-electron chi connectivity index (χ3n) is 4.50. The number of rotatable bonds is 3. The van der Waals surface area contributed by atoms with Gasteiger partial charge in [0, 0.05) is 29.6 Å². The van der Waals surface area contributed by atoms with Crippen LogP contribution in [0.15, 0.2) is 54.6 Å². The fraction of sp³-hybridized carbons (Fsp3) is 0.158. The van der Waals surface area contributed by atoms with Crippen LogP contribution in [0.3, 0.4) is 0 Å². The van der Waals surface area contributed by atoms with Gasteiger partial charge in [-0.2, -0.15) is 5.10 Å². The van der Waals surface area contributed by atoms with E-state index in [9.17, 15) is 9.90 Å². The highest BCUT2D eigenvalue weighted by Crippen LogP contribution is 2.31. The van der Waals surface area contributed by atoms with E-state index in [2.05, 4.69) is 10.2 Å². The Morgan fingerprint density at radius 1 is 1.16 bits per heavy atom. The van der Waals surface area contributed by atoms with E-state index in [-0.39, 0.29) is 11.7 Å². The van der Waals surface area contributed by atoms with Crippen LogP contribution in [0, 0.1) is 0 Å². The molecule has 0 atom stereocenters. The fourth-order valence-corrected chi connectivity index (χ4v) is 3.15. The lowest BCUT2D eigenvalue weighted by Gasteiger charge is -2.39. The molecule has 0 spiro atoms. The van der Waals surface area contributed by atoms with Crippen LogP contribution in [-0.2, 0) is 0 Å². The first kappa shape index (κ1) is 15.7. The van der Waals surface area contributed by atoms with Crippen LogP contribution < -0.4 is 0 Å². The molecule has 4 rings (SSSR count). The van der Waals surface area contributed by atoms with Gasteiger partial charge in [0.25, 0.3) is 5.91 Å². The second-order valence-corrected chi connectivity index (χ2v) is 6.58. The van der Waals surface area contributed by atoms with E-state index in [0.29, 0.717) is 41.0 Å². The van der Waals surface area contributed by atoms with Crippen LogP contribution >= 0.6 is 11.6 Å². The number of H-pyrrole nitrogens is 1. The molecule has 5 nitrogen and oxygen atoms in total. The first-order chi connectivity index (χ1) is 12.1. The van der Waals surface area contributed by atoms with Gasteiger partial charge in [-0.05, 0) is 35.9 Å². The van der Waals surface area contributed by atoms with Crippen LogP contribution in [0.2, 0.25) is 5.02 Å². The first-order valence-electron chi connectivity index (χ1n) is 8.00. The number of halogens is 1. The molecule has 2 N–H and O–H groups in total. The predicted molar refractivity (Wildman–Crippen MR) is 95.8 cm³/mol. The number of phenols is 1.